The van der Waals surface area contributed by atoms with Crippen LogP contribution < -0.4 is 5.73 Å². The van der Waals surface area contributed by atoms with Gasteiger partial charge in [0, 0.05) is 11.8 Å². The van der Waals surface area contributed by atoms with E-state index in [0.29, 0.717) is 12.0 Å². The van der Waals surface area contributed by atoms with E-state index in [9.17, 15) is 9.59 Å². The molecule has 1 aromatic heterocycles. The molecule has 2 N–H and O–H groups in total. The molecular formula is C9H11NO3S. The predicted octanol–water partition coefficient (Wildman–Crippen LogP) is 1.17. The number of ether oxygens (including phenoxy) is 1. The van der Waals surface area contributed by atoms with Gasteiger partial charge in [0.15, 0.2) is 0 Å². The average Bonchev–Trinajstić information content (AvgIpc) is 2.64. The van der Waals surface area contributed by atoms with Crippen LogP contribution in [0.2, 0.25) is 0 Å². The quantitative estimate of drug-likeness (QED) is 0.589. The van der Waals surface area contributed by atoms with Gasteiger partial charge in [-0.3, -0.25) is 4.79 Å². The number of hydrogen-bond donors (Lipinski definition) is 1. The highest BCUT2D eigenvalue weighted by atomic mass is 32.1. The van der Waals surface area contributed by atoms with Crippen LogP contribution in [0.5, 0.6) is 0 Å². The van der Waals surface area contributed by atoms with Crippen LogP contribution in [0, 0.1) is 0 Å². The van der Waals surface area contributed by atoms with Crippen molar-refractivity contribution in [2.24, 2.45) is 5.73 Å². The zero-order valence-corrected chi connectivity index (χ0v) is 8.38. The van der Waals surface area contributed by atoms with Crippen molar-refractivity contribution >= 4 is 23.2 Å². The van der Waals surface area contributed by atoms with Crippen LogP contribution in [0.1, 0.15) is 23.2 Å². The Bertz CT molecular complexity index is 308. The number of esters is 1. The summed E-state index contributed by atoms with van der Waals surface area (Å²) in [6.45, 7) is 0.234. The van der Waals surface area contributed by atoms with Crippen molar-refractivity contribution < 1.29 is 14.3 Å². The van der Waals surface area contributed by atoms with E-state index in [0.717, 1.165) is 0 Å². The molecule has 4 nitrogen and oxygen atoms in total. The lowest BCUT2D eigenvalue weighted by atomic mass is 10.3. The lowest BCUT2D eigenvalue weighted by Crippen LogP contribution is -2.12. The van der Waals surface area contributed by atoms with Gasteiger partial charge in [0.25, 0.3) is 0 Å². The molecule has 0 bridgehead atoms. The summed E-state index contributed by atoms with van der Waals surface area (Å²) in [5, 5.41) is 3.52. The van der Waals surface area contributed by atoms with E-state index in [1.165, 1.54) is 11.3 Å². The molecule has 0 aliphatic carbocycles. The molecule has 1 rings (SSSR count). The molecule has 1 amide bonds. The third-order valence-corrected chi connectivity index (χ3v) is 2.24. The molecule has 0 aromatic carbocycles. The van der Waals surface area contributed by atoms with Crippen molar-refractivity contribution in [1.29, 1.82) is 0 Å². The van der Waals surface area contributed by atoms with Crippen molar-refractivity contribution in [3.63, 3.8) is 0 Å². The Kier molecular flexibility index (Phi) is 4.12. The minimum atomic E-state index is -0.378. The van der Waals surface area contributed by atoms with Gasteiger partial charge in [-0.1, -0.05) is 0 Å². The third-order valence-electron chi connectivity index (χ3n) is 1.56. The van der Waals surface area contributed by atoms with Gasteiger partial charge in [-0.05, 0) is 17.9 Å². The summed E-state index contributed by atoms with van der Waals surface area (Å²) in [5.41, 5.74) is 5.48. The first kappa shape index (κ1) is 10.7. The highest BCUT2D eigenvalue weighted by Crippen LogP contribution is 2.07. The summed E-state index contributed by atoms with van der Waals surface area (Å²) in [6, 6.07) is 1.70. The highest BCUT2D eigenvalue weighted by molar-refractivity contribution is 7.08. The maximum atomic E-state index is 11.2. The van der Waals surface area contributed by atoms with E-state index in [4.69, 9.17) is 10.5 Å². The molecule has 0 fully saturated rings. The molecule has 0 aliphatic heterocycles. The molecule has 0 saturated heterocycles. The van der Waals surface area contributed by atoms with E-state index >= 15 is 0 Å². The predicted molar refractivity (Wildman–Crippen MR) is 53.0 cm³/mol. The Morgan fingerprint density at radius 3 is 2.86 bits per heavy atom. The number of hydrogen-bond acceptors (Lipinski definition) is 4. The van der Waals surface area contributed by atoms with Gasteiger partial charge in [-0.2, -0.15) is 11.3 Å². The molecule has 0 atom stereocenters. The second-order valence-electron chi connectivity index (χ2n) is 2.72. The zero-order chi connectivity index (χ0) is 10.4. The maximum Gasteiger partial charge on any atom is 0.338 e. The van der Waals surface area contributed by atoms with Crippen molar-refractivity contribution in [2.75, 3.05) is 6.61 Å². The smallest absolute Gasteiger partial charge is 0.338 e. The number of carbonyl (C=O) groups is 2. The van der Waals surface area contributed by atoms with Crippen molar-refractivity contribution in [2.45, 2.75) is 12.8 Å². The molecular weight excluding hydrogens is 202 g/mol. The van der Waals surface area contributed by atoms with E-state index in [1.54, 1.807) is 16.8 Å². The van der Waals surface area contributed by atoms with Gasteiger partial charge in [-0.25, -0.2) is 4.79 Å². The van der Waals surface area contributed by atoms with Gasteiger partial charge in [0.05, 0.1) is 12.2 Å². The maximum absolute atomic E-state index is 11.2. The Morgan fingerprint density at radius 2 is 2.29 bits per heavy atom. The first-order valence-electron chi connectivity index (χ1n) is 4.18. The lowest BCUT2D eigenvalue weighted by Gasteiger charge is -2.01. The van der Waals surface area contributed by atoms with Crippen LogP contribution in [-0.2, 0) is 9.53 Å². The first-order chi connectivity index (χ1) is 6.70. The Morgan fingerprint density at radius 1 is 1.50 bits per heavy atom. The summed E-state index contributed by atoms with van der Waals surface area (Å²) >= 11 is 1.44. The van der Waals surface area contributed by atoms with Crippen molar-refractivity contribution in [3.05, 3.63) is 22.4 Å². The largest absolute Gasteiger partial charge is 0.462 e. The normalized spacial score (nSPS) is 9.71. The minimum absolute atomic E-state index is 0.234. The average molecular weight is 213 g/mol. The van der Waals surface area contributed by atoms with E-state index in [2.05, 4.69) is 0 Å². The Hall–Kier alpha value is -1.36. The van der Waals surface area contributed by atoms with Gasteiger partial charge < -0.3 is 10.5 Å². The topological polar surface area (TPSA) is 69.4 Å². The van der Waals surface area contributed by atoms with Gasteiger partial charge >= 0.3 is 5.97 Å². The molecule has 0 saturated carbocycles. The molecule has 0 spiro atoms. The van der Waals surface area contributed by atoms with Crippen LogP contribution in [0.15, 0.2) is 16.8 Å². The number of rotatable bonds is 5. The molecule has 0 radical (unpaired) electrons. The second kappa shape index (κ2) is 5.39. The van der Waals surface area contributed by atoms with Crippen LogP contribution in [-0.4, -0.2) is 18.5 Å². The first-order valence-corrected chi connectivity index (χ1v) is 5.12. The monoisotopic (exact) mass is 213 g/mol. The summed E-state index contributed by atoms with van der Waals surface area (Å²) in [5.74, 6) is -0.729. The molecule has 1 heterocycles. The van der Waals surface area contributed by atoms with Gasteiger partial charge in [0.1, 0.15) is 0 Å². The second-order valence-corrected chi connectivity index (χ2v) is 3.50. The van der Waals surface area contributed by atoms with Gasteiger partial charge in [-0.15, -0.1) is 0 Å². The van der Waals surface area contributed by atoms with E-state index < -0.39 is 0 Å². The summed E-state index contributed by atoms with van der Waals surface area (Å²) in [4.78, 5) is 21.6. The van der Waals surface area contributed by atoms with Crippen LogP contribution in [0.4, 0.5) is 0 Å². The van der Waals surface area contributed by atoms with Crippen LogP contribution in [0.3, 0.4) is 0 Å². The number of primary amides is 1. The minimum Gasteiger partial charge on any atom is -0.462 e. The van der Waals surface area contributed by atoms with Crippen molar-refractivity contribution in [3.8, 4) is 0 Å². The zero-order valence-electron chi connectivity index (χ0n) is 7.56. The third kappa shape index (κ3) is 3.57. The Balaban J connectivity index is 2.19. The molecule has 1 aromatic rings. The summed E-state index contributed by atoms with van der Waals surface area (Å²) in [7, 11) is 0. The standard InChI is InChI=1S/C9H11NO3S/c10-8(11)2-1-4-13-9(12)7-3-5-14-6-7/h3,5-6H,1-2,4H2,(H2,10,11). The fraction of sp³-hybridized carbons (Fsp3) is 0.333. The SMILES string of the molecule is NC(=O)CCCOC(=O)c1ccsc1. The number of thiophene rings is 1. The molecule has 0 unspecified atom stereocenters. The highest BCUT2D eigenvalue weighted by Gasteiger charge is 2.06. The number of nitrogens with two attached hydrogens (primary N) is 1. The Labute approximate surface area is 85.7 Å². The fourth-order valence-corrected chi connectivity index (χ4v) is 1.50. The van der Waals surface area contributed by atoms with E-state index in [1.807, 2.05) is 0 Å². The lowest BCUT2D eigenvalue weighted by molar-refractivity contribution is -0.118. The number of carbonyl (C=O) groups excluding carboxylic acids is 2. The molecule has 14 heavy (non-hydrogen) atoms. The molecule has 5 heteroatoms. The van der Waals surface area contributed by atoms with E-state index in [-0.39, 0.29) is 24.9 Å². The van der Waals surface area contributed by atoms with Crippen molar-refractivity contribution in [1.82, 2.24) is 0 Å². The summed E-state index contributed by atoms with van der Waals surface area (Å²) in [6.07, 6.45) is 0.724. The summed E-state index contributed by atoms with van der Waals surface area (Å²) < 4.78 is 4.90. The van der Waals surface area contributed by atoms with Crippen LogP contribution in [0.25, 0.3) is 0 Å². The molecule has 0 aliphatic rings. The number of amides is 1. The molecule has 76 valence electrons. The fourth-order valence-electron chi connectivity index (χ4n) is 0.875. The van der Waals surface area contributed by atoms with Crippen LogP contribution >= 0.6 is 11.3 Å². The van der Waals surface area contributed by atoms with Gasteiger partial charge in [0.2, 0.25) is 5.91 Å².